The second-order valence-electron chi connectivity index (χ2n) is 8.82. The van der Waals surface area contributed by atoms with E-state index < -0.39 is 60.6 Å². The molecule has 2 aromatic heterocycles. The SMILES string of the molecule is CC(O)C(NC(=O)C(CO)NC(=O)C(Cc1c[nH]c2ccccc12)NC(=O)C(N)Cc1cnc[nH]1)C(=O)O. The van der Waals surface area contributed by atoms with Crippen LogP contribution in [-0.4, -0.2) is 90.8 Å². The van der Waals surface area contributed by atoms with Crippen LogP contribution in [-0.2, 0) is 32.0 Å². The summed E-state index contributed by atoms with van der Waals surface area (Å²) in [5.74, 6) is -3.96. The Kier molecular flexibility index (Phi) is 9.54. The topological polar surface area (TPSA) is 236 Å². The molecule has 0 fully saturated rings. The minimum atomic E-state index is -1.66. The number of carboxylic acids is 1. The third-order valence-electron chi connectivity index (χ3n) is 5.93. The van der Waals surface area contributed by atoms with Gasteiger partial charge in [-0.15, -0.1) is 0 Å². The molecular formula is C24H31N7O7. The molecule has 3 amide bonds. The Bertz CT molecular complexity index is 1260. The van der Waals surface area contributed by atoms with Gasteiger partial charge < -0.3 is 47.0 Å². The Morgan fingerprint density at radius 3 is 2.32 bits per heavy atom. The van der Waals surface area contributed by atoms with Crippen molar-refractivity contribution in [3.8, 4) is 0 Å². The number of carboxylic acid groups (broad SMARTS) is 1. The van der Waals surface area contributed by atoms with Gasteiger partial charge in [0.25, 0.3) is 0 Å². The van der Waals surface area contributed by atoms with E-state index in [0.29, 0.717) is 11.3 Å². The van der Waals surface area contributed by atoms with Gasteiger partial charge in [-0.2, -0.15) is 0 Å². The lowest BCUT2D eigenvalue weighted by Gasteiger charge is -2.25. The lowest BCUT2D eigenvalue weighted by Crippen LogP contribution is -2.59. The maximum atomic E-state index is 13.3. The first kappa shape index (κ1) is 28.3. The van der Waals surface area contributed by atoms with Crippen molar-refractivity contribution in [2.24, 2.45) is 5.73 Å². The average molecular weight is 530 g/mol. The van der Waals surface area contributed by atoms with Crippen LogP contribution in [0.2, 0.25) is 0 Å². The fourth-order valence-electron chi connectivity index (χ4n) is 3.84. The number of amides is 3. The molecule has 10 N–H and O–H groups in total. The number of nitrogens with two attached hydrogens (primary N) is 1. The van der Waals surface area contributed by atoms with Crippen LogP contribution in [0, 0.1) is 0 Å². The molecule has 204 valence electrons. The molecule has 14 nitrogen and oxygen atoms in total. The molecule has 0 aliphatic rings. The van der Waals surface area contributed by atoms with Gasteiger partial charge in [0.2, 0.25) is 17.7 Å². The van der Waals surface area contributed by atoms with E-state index in [1.807, 2.05) is 24.3 Å². The van der Waals surface area contributed by atoms with Crippen LogP contribution in [0.1, 0.15) is 18.2 Å². The number of aromatic amines is 2. The number of para-hydroxylation sites is 1. The van der Waals surface area contributed by atoms with Crippen molar-refractivity contribution < 1.29 is 34.5 Å². The van der Waals surface area contributed by atoms with Gasteiger partial charge in [0.05, 0.1) is 25.1 Å². The van der Waals surface area contributed by atoms with E-state index in [2.05, 4.69) is 30.9 Å². The summed E-state index contributed by atoms with van der Waals surface area (Å²) in [4.78, 5) is 59.8. The predicted octanol–water partition coefficient (Wildman–Crippen LogP) is -2.08. The van der Waals surface area contributed by atoms with Crippen molar-refractivity contribution in [2.45, 2.75) is 50.0 Å². The molecule has 14 heteroatoms. The number of hydrogen-bond acceptors (Lipinski definition) is 8. The van der Waals surface area contributed by atoms with E-state index in [-0.39, 0.29) is 12.8 Å². The minimum absolute atomic E-state index is 0.0174. The summed E-state index contributed by atoms with van der Waals surface area (Å²) in [7, 11) is 0. The van der Waals surface area contributed by atoms with Crippen molar-refractivity contribution >= 4 is 34.6 Å². The Hall–Kier alpha value is -4.27. The molecular weight excluding hydrogens is 498 g/mol. The molecule has 0 aliphatic heterocycles. The molecule has 0 radical (unpaired) electrons. The predicted molar refractivity (Wildman–Crippen MR) is 134 cm³/mol. The second kappa shape index (κ2) is 12.8. The number of aliphatic hydroxyl groups is 2. The van der Waals surface area contributed by atoms with Crippen molar-refractivity contribution in [1.82, 2.24) is 30.9 Å². The monoisotopic (exact) mass is 529 g/mol. The van der Waals surface area contributed by atoms with E-state index >= 15 is 0 Å². The third-order valence-corrected chi connectivity index (χ3v) is 5.93. The number of aliphatic carboxylic acids is 1. The summed E-state index contributed by atoms with van der Waals surface area (Å²) < 4.78 is 0. The molecule has 2 heterocycles. The quantitative estimate of drug-likeness (QED) is 0.118. The molecule has 3 aromatic rings. The molecule has 38 heavy (non-hydrogen) atoms. The van der Waals surface area contributed by atoms with Gasteiger partial charge in [0.15, 0.2) is 6.04 Å². The number of imidazole rings is 1. The van der Waals surface area contributed by atoms with Gasteiger partial charge in [-0.05, 0) is 18.6 Å². The highest BCUT2D eigenvalue weighted by Crippen LogP contribution is 2.19. The third kappa shape index (κ3) is 7.15. The first-order chi connectivity index (χ1) is 18.1. The standard InChI is InChI=1S/C24H31N7O7/c1-12(33)20(24(37)38)31-23(36)19(10-32)30-22(35)18(6-13-8-27-17-5-3-2-4-15(13)17)29-21(34)16(25)7-14-9-26-11-28-14/h2-5,8-9,11-12,16,18-20,27,32-33H,6-7,10,25H2,1H3,(H,26,28)(H,29,34)(H,30,35)(H,31,36)(H,37,38). The largest absolute Gasteiger partial charge is 0.480 e. The lowest BCUT2D eigenvalue weighted by atomic mass is 10.0. The van der Waals surface area contributed by atoms with Crippen molar-refractivity contribution in [3.05, 3.63) is 54.2 Å². The van der Waals surface area contributed by atoms with Gasteiger partial charge >= 0.3 is 5.97 Å². The van der Waals surface area contributed by atoms with Gasteiger partial charge in [0.1, 0.15) is 12.1 Å². The number of aromatic nitrogens is 3. The maximum absolute atomic E-state index is 13.3. The van der Waals surface area contributed by atoms with Gasteiger partial charge in [-0.25, -0.2) is 9.78 Å². The van der Waals surface area contributed by atoms with E-state index in [1.165, 1.54) is 19.4 Å². The Morgan fingerprint density at radius 1 is 1.00 bits per heavy atom. The van der Waals surface area contributed by atoms with Crippen LogP contribution in [0.4, 0.5) is 0 Å². The smallest absolute Gasteiger partial charge is 0.328 e. The number of fused-ring (bicyclic) bond motifs is 1. The van der Waals surface area contributed by atoms with Gasteiger partial charge in [-0.1, -0.05) is 18.2 Å². The van der Waals surface area contributed by atoms with Crippen molar-refractivity contribution in [2.75, 3.05) is 6.61 Å². The molecule has 0 spiro atoms. The summed E-state index contributed by atoms with van der Waals surface area (Å²) in [6.07, 6.45) is 3.37. The Labute approximate surface area is 217 Å². The number of nitrogens with zero attached hydrogens (tertiary/aromatic N) is 1. The first-order valence-electron chi connectivity index (χ1n) is 11.8. The van der Waals surface area contributed by atoms with Crippen LogP contribution in [0.15, 0.2) is 43.0 Å². The highest BCUT2D eigenvalue weighted by Gasteiger charge is 2.32. The summed E-state index contributed by atoms with van der Waals surface area (Å²) in [6.45, 7) is 0.307. The normalized spacial score (nSPS) is 15.2. The van der Waals surface area contributed by atoms with E-state index in [4.69, 9.17) is 5.73 Å². The zero-order valence-corrected chi connectivity index (χ0v) is 20.5. The number of aliphatic hydroxyl groups excluding tert-OH is 2. The van der Waals surface area contributed by atoms with E-state index in [1.54, 1.807) is 6.20 Å². The molecule has 0 bridgehead atoms. The van der Waals surface area contributed by atoms with Crippen LogP contribution >= 0.6 is 0 Å². The number of carbonyl (C=O) groups is 4. The number of carbonyl (C=O) groups excluding carboxylic acids is 3. The van der Waals surface area contributed by atoms with E-state index in [0.717, 1.165) is 10.9 Å². The van der Waals surface area contributed by atoms with Crippen molar-refractivity contribution in [3.63, 3.8) is 0 Å². The summed E-state index contributed by atoms with van der Waals surface area (Å²) in [6, 6.07) is 1.91. The average Bonchev–Trinajstić information content (AvgIpc) is 3.54. The number of H-pyrrole nitrogens is 2. The van der Waals surface area contributed by atoms with Gasteiger partial charge in [0, 0.05) is 41.8 Å². The van der Waals surface area contributed by atoms with Crippen LogP contribution < -0.4 is 21.7 Å². The first-order valence-corrected chi connectivity index (χ1v) is 11.8. The molecule has 0 saturated heterocycles. The van der Waals surface area contributed by atoms with Gasteiger partial charge in [-0.3, -0.25) is 14.4 Å². The number of benzene rings is 1. The summed E-state index contributed by atoms with van der Waals surface area (Å²) in [5, 5.41) is 36.4. The summed E-state index contributed by atoms with van der Waals surface area (Å²) >= 11 is 0. The van der Waals surface area contributed by atoms with Crippen LogP contribution in [0.5, 0.6) is 0 Å². The number of rotatable bonds is 13. The summed E-state index contributed by atoms with van der Waals surface area (Å²) in [5.41, 5.74) is 8.16. The second-order valence-corrected chi connectivity index (χ2v) is 8.82. The Balaban J connectivity index is 1.78. The van der Waals surface area contributed by atoms with Crippen LogP contribution in [0.25, 0.3) is 10.9 Å². The maximum Gasteiger partial charge on any atom is 0.328 e. The lowest BCUT2D eigenvalue weighted by molar-refractivity contribution is -0.145. The zero-order chi connectivity index (χ0) is 27.8. The highest BCUT2D eigenvalue weighted by atomic mass is 16.4. The Morgan fingerprint density at radius 2 is 1.68 bits per heavy atom. The minimum Gasteiger partial charge on any atom is -0.480 e. The fraction of sp³-hybridized carbons (Fsp3) is 0.375. The molecule has 3 rings (SSSR count). The molecule has 0 aliphatic carbocycles. The fourth-order valence-corrected chi connectivity index (χ4v) is 3.84. The van der Waals surface area contributed by atoms with E-state index in [9.17, 15) is 34.5 Å². The van der Waals surface area contributed by atoms with Crippen LogP contribution in [0.3, 0.4) is 0 Å². The molecule has 5 unspecified atom stereocenters. The molecule has 0 saturated carbocycles. The highest BCUT2D eigenvalue weighted by molar-refractivity contribution is 5.95. The number of hydrogen-bond donors (Lipinski definition) is 9. The number of nitrogens with one attached hydrogen (secondary N) is 5. The molecule has 1 aromatic carbocycles. The van der Waals surface area contributed by atoms with Crippen molar-refractivity contribution in [1.29, 1.82) is 0 Å². The zero-order valence-electron chi connectivity index (χ0n) is 20.5. The molecule has 5 atom stereocenters.